The first-order chi connectivity index (χ1) is 5.95. The van der Waals surface area contributed by atoms with Gasteiger partial charge < -0.3 is 10.1 Å². The monoisotopic (exact) mass is 169 g/mol. The molecule has 0 aromatic rings. The normalized spacial score (nSPS) is 27.0. The maximum atomic E-state index is 5.31. The Hall–Kier alpha value is -0.0800. The summed E-state index contributed by atoms with van der Waals surface area (Å²) in [6.07, 6.45) is 6.80. The van der Waals surface area contributed by atoms with Crippen LogP contribution in [0.25, 0.3) is 0 Å². The number of hydrogen-bond donors (Lipinski definition) is 1. The fourth-order valence-corrected chi connectivity index (χ4v) is 1.93. The second-order valence-corrected chi connectivity index (χ2v) is 4.09. The van der Waals surface area contributed by atoms with Gasteiger partial charge in [0.15, 0.2) is 0 Å². The van der Waals surface area contributed by atoms with E-state index in [2.05, 4.69) is 5.32 Å². The fraction of sp³-hybridized carbons (Fsp3) is 1.00. The summed E-state index contributed by atoms with van der Waals surface area (Å²) in [5, 5.41) is 3.64. The first-order valence-corrected chi connectivity index (χ1v) is 5.26. The topological polar surface area (TPSA) is 21.3 Å². The van der Waals surface area contributed by atoms with E-state index in [0.717, 1.165) is 25.2 Å². The zero-order valence-corrected chi connectivity index (χ0v) is 7.72. The molecule has 0 radical (unpaired) electrons. The van der Waals surface area contributed by atoms with Crippen molar-refractivity contribution in [1.82, 2.24) is 5.32 Å². The smallest absolute Gasteiger partial charge is 0.0480 e. The SMILES string of the molecule is C1CC(CNC2CCOCC2)C1. The molecule has 0 bridgehead atoms. The van der Waals surface area contributed by atoms with Crippen molar-refractivity contribution in [3.63, 3.8) is 0 Å². The first-order valence-electron chi connectivity index (χ1n) is 5.26. The molecule has 2 nitrogen and oxygen atoms in total. The molecule has 1 heterocycles. The molecule has 2 fully saturated rings. The van der Waals surface area contributed by atoms with Crippen LogP contribution in [0.3, 0.4) is 0 Å². The van der Waals surface area contributed by atoms with Gasteiger partial charge in [-0.2, -0.15) is 0 Å². The number of rotatable bonds is 3. The maximum absolute atomic E-state index is 5.31. The van der Waals surface area contributed by atoms with Crippen LogP contribution >= 0.6 is 0 Å². The lowest BCUT2D eigenvalue weighted by atomic mass is 9.85. The second kappa shape index (κ2) is 4.24. The molecule has 0 spiro atoms. The molecule has 0 unspecified atom stereocenters. The highest BCUT2D eigenvalue weighted by Gasteiger charge is 2.19. The van der Waals surface area contributed by atoms with Gasteiger partial charge >= 0.3 is 0 Å². The minimum atomic E-state index is 0.749. The maximum Gasteiger partial charge on any atom is 0.0480 e. The zero-order chi connectivity index (χ0) is 8.23. The molecule has 1 saturated heterocycles. The van der Waals surface area contributed by atoms with Gasteiger partial charge in [0.05, 0.1) is 0 Å². The largest absolute Gasteiger partial charge is 0.381 e. The molecule has 1 aliphatic heterocycles. The second-order valence-electron chi connectivity index (χ2n) is 4.09. The van der Waals surface area contributed by atoms with Crippen molar-refractivity contribution in [2.24, 2.45) is 5.92 Å². The lowest BCUT2D eigenvalue weighted by Crippen LogP contribution is -2.39. The van der Waals surface area contributed by atoms with Gasteiger partial charge in [-0.1, -0.05) is 6.42 Å². The quantitative estimate of drug-likeness (QED) is 0.692. The van der Waals surface area contributed by atoms with Crippen molar-refractivity contribution in [3.05, 3.63) is 0 Å². The minimum absolute atomic E-state index is 0.749. The Morgan fingerprint density at radius 3 is 2.42 bits per heavy atom. The predicted octanol–water partition coefficient (Wildman–Crippen LogP) is 1.56. The van der Waals surface area contributed by atoms with Crippen molar-refractivity contribution in [1.29, 1.82) is 0 Å². The van der Waals surface area contributed by atoms with Crippen LogP contribution in [-0.4, -0.2) is 25.8 Å². The van der Waals surface area contributed by atoms with E-state index in [4.69, 9.17) is 4.74 Å². The third kappa shape index (κ3) is 2.20. The molecule has 12 heavy (non-hydrogen) atoms. The highest BCUT2D eigenvalue weighted by Crippen LogP contribution is 2.25. The molecule has 0 amide bonds. The van der Waals surface area contributed by atoms with Gasteiger partial charge in [-0.15, -0.1) is 0 Å². The summed E-state index contributed by atoms with van der Waals surface area (Å²) in [6.45, 7) is 3.18. The van der Waals surface area contributed by atoms with Crippen molar-refractivity contribution in [2.75, 3.05) is 19.8 Å². The summed E-state index contributed by atoms with van der Waals surface area (Å²) < 4.78 is 5.31. The van der Waals surface area contributed by atoms with Gasteiger partial charge in [0.2, 0.25) is 0 Å². The molecule has 1 N–H and O–H groups in total. The van der Waals surface area contributed by atoms with Crippen molar-refractivity contribution < 1.29 is 4.74 Å². The van der Waals surface area contributed by atoms with Crippen LogP contribution in [0.15, 0.2) is 0 Å². The Labute approximate surface area is 74.7 Å². The minimum Gasteiger partial charge on any atom is -0.381 e. The lowest BCUT2D eigenvalue weighted by Gasteiger charge is -2.30. The molecule has 2 heteroatoms. The highest BCUT2D eigenvalue weighted by atomic mass is 16.5. The van der Waals surface area contributed by atoms with Crippen LogP contribution in [0.5, 0.6) is 0 Å². The Morgan fingerprint density at radius 2 is 1.83 bits per heavy atom. The Morgan fingerprint density at radius 1 is 1.08 bits per heavy atom. The number of hydrogen-bond acceptors (Lipinski definition) is 2. The Kier molecular flexibility index (Phi) is 3.01. The average Bonchev–Trinajstić information content (AvgIpc) is 2.04. The highest BCUT2D eigenvalue weighted by molar-refractivity contribution is 4.76. The summed E-state index contributed by atoms with van der Waals surface area (Å²) in [6, 6.07) is 0.749. The fourth-order valence-electron chi connectivity index (χ4n) is 1.93. The van der Waals surface area contributed by atoms with Crippen LogP contribution in [0.1, 0.15) is 32.1 Å². The Bertz CT molecular complexity index is 128. The van der Waals surface area contributed by atoms with E-state index >= 15 is 0 Å². The van der Waals surface area contributed by atoms with Crippen molar-refractivity contribution >= 4 is 0 Å². The summed E-state index contributed by atoms with van der Waals surface area (Å²) in [5.41, 5.74) is 0. The molecule has 2 aliphatic rings. The van der Waals surface area contributed by atoms with Gasteiger partial charge in [0.1, 0.15) is 0 Å². The summed E-state index contributed by atoms with van der Waals surface area (Å²) >= 11 is 0. The van der Waals surface area contributed by atoms with Gasteiger partial charge in [-0.3, -0.25) is 0 Å². The molecular weight excluding hydrogens is 150 g/mol. The summed E-state index contributed by atoms with van der Waals surface area (Å²) in [5.74, 6) is 0.993. The van der Waals surface area contributed by atoms with Gasteiger partial charge in [0, 0.05) is 19.3 Å². The number of ether oxygens (including phenoxy) is 1. The van der Waals surface area contributed by atoms with Gasteiger partial charge in [0.25, 0.3) is 0 Å². The molecular formula is C10H19NO. The molecule has 0 atom stereocenters. The van der Waals surface area contributed by atoms with Crippen LogP contribution in [0.2, 0.25) is 0 Å². The zero-order valence-electron chi connectivity index (χ0n) is 7.72. The van der Waals surface area contributed by atoms with E-state index in [1.54, 1.807) is 0 Å². The molecule has 0 aromatic carbocycles. The van der Waals surface area contributed by atoms with Crippen molar-refractivity contribution in [3.8, 4) is 0 Å². The predicted molar refractivity (Wildman–Crippen MR) is 49.2 cm³/mol. The standard InChI is InChI=1S/C10H19NO/c1-2-9(3-1)8-11-10-4-6-12-7-5-10/h9-11H,1-8H2. The van der Waals surface area contributed by atoms with Crippen LogP contribution in [0.4, 0.5) is 0 Å². The molecule has 1 aliphatic carbocycles. The van der Waals surface area contributed by atoms with E-state index in [1.165, 1.54) is 38.6 Å². The third-order valence-corrected chi connectivity index (χ3v) is 3.14. The van der Waals surface area contributed by atoms with Gasteiger partial charge in [-0.05, 0) is 38.1 Å². The Balaban J connectivity index is 1.58. The van der Waals surface area contributed by atoms with E-state index < -0.39 is 0 Å². The average molecular weight is 169 g/mol. The number of nitrogens with one attached hydrogen (secondary N) is 1. The van der Waals surface area contributed by atoms with Crippen LogP contribution in [0, 0.1) is 5.92 Å². The van der Waals surface area contributed by atoms with Crippen molar-refractivity contribution in [2.45, 2.75) is 38.1 Å². The molecule has 1 saturated carbocycles. The van der Waals surface area contributed by atoms with Crippen LogP contribution < -0.4 is 5.32 Å². The molecule has 2 rings (SSSR count). The molecule has 0 aromatic heterocycles. The van der Waals surface area contributed by atoms with Crippen LogP contribution in [-0.2, 0) is 4.74 Å². The van der Waals surface area contributed by atoms with E-state index in [-0.39, 0.29) is 0 Å². The first kappa shape index (κ1) is 8.52. The van der Waals surface area contributed by atoms with E-state index in [1.807, 2.05) is 0 Å². The van der Waals surface area contributed by atoms with E-state index in [0.29, 0.717) is 0 Å². The lowest BCUT2D eigenvalue weighted by molar-refractivity contribution is 0.0756. The third-order valence-electron chi connectivity index (χ3n) is 3.14. The summed E-state index contributed by atoms with van der Waals surface area (Å²) in [7, 11) is 0. The van der Waals surface area contributed by atoms with Gasteiger partial charge in [-0.25, -0.2) is 0 Å². The summed E-state index contributed by atoms with van der Waals surface area (Å²) in [4.78, 5) is 0. The van der Waals surface area contributed by atoms with E-state index in [9.17, 15) is 0 Å². The molecule has 70 valence electrons.